The predicted molar refractivity (Wildman–Crippen MR) is 139 cm³/mol. The maximum absolute atomic E-state index is 13.4. The zero-order chi connectivity index (χ0) is 26.4. The minimum atomic E-state index is -0.946. The van der Waals surface area contributed by atoms with Crippen molar-refractivity contribution in [3.63, 3.8) is 0 Å². The van der Waals surface area contributed by atoms with E-state index in [1.165, 1.54) is 29.2 Å². The number of carbonyl (C=O) groups excluding carboxylic acids is 2. The molecular formula is C28H25ClN2O5. The van der Waals surface area contributed by atoms with Gasteiger partial charge < -0.3 is 5.11 Å². The molecule has 1 N–H and O–H groups in total. The van der Waals surface area contributed by atoms with Crippen molar-refractivity contribution in [3.05, 3.63) is 110 Å². The monoisotopic (exact) mass is 504 g/mol. The summed E-state index contributed by atoms with van der Waals surface area (Å²) in [6.45, 7) is 8.01. The molecule has 8 heteroatoms. The van der Waals surface area contributed by atoms with Crippen molar-refractivity contribution in [2.45, 2.75) is 39.2 Å². The highest BCUT2D eigenvalue weighted by Gasteiger charge is 2.47. The number of carbonyl (C=O) groups is 2. The molecule has 36 heavy (non-hydrogen) atoms. The summed E-state index contributed by atoms with van der Waals surface area (Å²) in [6.07, 6.45) is 0. The molecule has 1 atom stereocenters. The van der Waals surface area contributed by atoms with Gasteiger partial charge in [-0.3, -0.25) is 24.6 Å². The van der Waals surface area contributed by atoms with Crippen molar-refractivity contribution >= 4 is 40.4 Å². The number of Topliss-reactive ketones (excluding diaryl/α,β-unsaturated/α-hetero) is 1. The van der Waals surface area contributed by atoms with Gasteiger partial charge in [-0.1, -0.05) is 68.8 Å². The Balaban J connectivity index is 1.96. The second-order valence-corrected chi connectivity index (χ2v) is 10.2. The lowest BCUT2D eigenvalue weighted by atomic mass is 9.85. The lowest BCUT2D eigenvalue weighted by molar-refractivity contribution is -0.384. The number of nitro groups is 1. The quantitative estimate of drug-likeness (QED) is 0.144. The van der Waals surface area contributed by atoms with E-state index in [1.54, 1.807) is 25.1 Å². The number of hydrogen-bond acceptors (Lipinski definition) is 5. The van der Waals surface area contributed by atoms with E-state index in [9.17, 15) is 24.8 Å². The van der Waals surface area contributed by atoms with Crippen LogP contribution in [0.2, 0.25) is 5.02 Å². The molecule has 0 aromatic heterocycles. The summed E-state index contributed by atoms with van der Waals surface area (Å²) in [5, 5.41) is 23.0. The first-order chi connectivity index (χ1) is 16.9. The van der Waals surface area contributed by atoms with E-state index in [0.717, 1.165) is 5.56 Å². The number of aryl methyl sites for hydroxylation is 1. The molecule has 1 fully saturated rings. The van der Waals surface area contributed by atoms with E-state index >= 15 is 0 Å². The maximum atomic E-state index is 13.4. The van der Waals surface area contributed by atoms with Gasteiger partial charge in [0.2, 0.25) is 0 Å². The summed E-state index contributed by atoms with van der Waals surface area (Å²) >= 11 is 6.13. The van der Waals surface area contributed by atoms with Crippen molar-refractivity contribution in [2.24, 2.45) is 0 Å². The highest BCUT2D eigenvalue weighted by Crippen LogP contribution is 2.44. The van der Waals surface area contributed by atoms with Crippen LogP contribution in [0.25, 0.3) is 5.76 Å². The number of nitro benzene ring substituents is 1. The average molecular weight is 505 g/mol. The van der Waals surface area contributed by atoms with Gasteiger partial charge in [-0.25, -0.2) is 0 Å². The van der Waals surface area contributed by atoms with Crippen LogP contribution >= 0.6 is 11.6 Å². The molecule has 0 spiro atoms. The van der Waals surface area contributed by atoms with Gasteiger partial charge >= 0.3 is 0 Å². The van der Waals surface area contributed by atoms with Crippen molar-refractivity contribution < 1.29 is 19.6 Å². The summed E-state index contributed by atoms with van der Waals surface area (Å²) < 4.78 is 0. The van der Waals surface area contributed by atoms with Crippen molar-refractivity contribution in [2.75, 3.05) is 4.90 Å². The first kappa shape index (κ1) is 25.1. The fraction of sp³-hybridized carbons (Fsp3) is 0.214. The summed E-state index contributed by atoms with van der Waals surface area (Å²) in [6, 6.07) is 16.9. The summed E-state index contributed by atoms with van der Waals surface area (Å²) in [4.78, 5) is 38.7. The van der Waals surface area contributed by atoms with Crippen LogP contribution in [0.4, 0.5) is 11.4 Å². The highest BCUT2D eigenvalue weighted by atomic mass is 35.5. The predicted octanol–water partition coefficient (Wildman–Crippen LogP) is 6.48. The van der Waals surface area contributed by atoms with Gasteiger partial charge in [-0.15, -0.1) is 0 Å². The SMILES string of the molecule is Cc1cc(Cl)ccc1N1C(=O)C(=O)/C(=C(\O)c2cccc([N+](=O)[O-])c2)C1c1ccc(C(C)(C)C)cc1. The Bertz CT molecular complexity index is 1420. The van der Waals surface area contributed by atoms with Crippen molar-refractivity contribution in [3.8, 4) is 0 Å². The maximum Gasteiger partial charge on any atom is 0.300 e. The standard InChI is InChI=1S/C28H25ClN2O5/c1-16-14-20(29)12-13-22(16)30-24(17-8-10-19(11-9-17)28(2,3)4)23(26(33)27(30)34)25(32)18-6-5-7-21(15-18)31(35)36/h5-15,24,32H,1-4H3/b25-23-. The minimum absolute atomic E-state index is 0.0753. The van der Waals surface area contributed by atoms with Gasteiger partial charge in [0.1, 0.15) is 5.76 Å². The van der Waals surface area contributed by atoms with E-state index in [0.29, 0.717) is 21.8 Å². The Morgan fingerprint density at radius 2 is 1.69 bits per heavy atom. The molecule has 0 saturated carbocycles. The number of nitrogens with zero attached hydrogens (tertiary/aromatic N) is 2. The van der Waals surface area contributed by atoms with E-state index in [2.05, 4.69) is 20.8 Å². The molecular weight excluding hydrogens is 480 g/mol. The number of rotatable bonds is 4. The molecule has 3 aromatic rings. The topological polar surface area (TPSA) is 101 Å². The molecule has 7 nitrogen and oxygen atoms in total. The number of ketones is 1. The zero-order valence-corrected chi connectivity index (χ0v) is 21.0. The Kier molecular flexibility index (Phi) is 6.45. The van der Waals surface area contributed by atoms with E-state index in [-0.39, 0.29) is 22.2 Å². The molecule has 184 valence electrons. The van der Waals surface area contributed by atoms with Gasteiger partial charge in [0, 0.05) is 28.4 Å². The minimum Gasteiger partial charge on any atom is -0.507 e. The summed E-state index contributed by atoms with van der Waals surface area (Å²) in [5.74, 6) is -2.16. The molecule has 1 heterocycles. The van der Waals surface area contributed by atoms with Gasteiger partial charge in [0.25, 0.3) is 17.4 Å². The van der Waals surface area contributed by atoms with Crippen LogP contribution < -0.4 is 4.90 Å². The molecule has 3 aromatic carbocycles. The van der Waals surface area contributed by atoms with Crippen LogP contribution in [0, 0.1) is 17.0 Å². The molecule has 1 aliphatic rings. The van der Waals surface area contributed by atoms with Gasteiger partial charge in [-0.2, -0.15) is 0 Å². The summed E-state index contributed by atoms with van der Waals surface area (Å²) in [7, 11) is 0. The largest absolute Gasteiger partial charge is 0.507 e. The molecule has 1 saturated heterocycles. The van der Waals surface area contributed by atoms with Crippen LogP contribution in [0.1, 0.15) is 49.1 Å². The number of aliphatic hydroxyl groups excluding tert-OH is 1. The third-order valence-electron chi connectivity index (χ3n) is 6.29. The van der Waals surface area contributed by atoms with Crippen LogP contribution in [0.3, 0.4) is 0 Å². The fourth-order valence-corrected chi connectivity index (χ4v) is 4.60. The fourth-order valence-electron chi connectivity index (χ4n) is 4.37. The highest BCUT2D eigenvalue weighted by molar-refractivity contribution is 6.51. The van der Waals surface area contributed by atoms with Gasteiger partial charge in [0.15, 0.2) is 0 Å². The second-order valence-electron chi connectivity index (χ2n) is 9.78. The normalized spacial score (nSPS) is 17.5. The van der Waals surface area contributed by atoms with Crippen molar-refractivity contribution in [1.29, 1.82) is 0 Å². The molecule has 4 rings (SSSR count). The zero-order valence-electron chi connectivity index (χ0n) is 20.3. The molecule has 0 bridgehead atoms. The first-order valence-electron chi connectivity index (χ1n) is 11.3. The average Bonchev–Trinajstić information content (AvgIpc) is 3.08. The number of hydrogen-bond donors (Lipinski definition) is 1. The molecule has 0 radical (unpaired) electrons. The van der Waals surface area contributed by atoms with Crippen LogP contribution in [0.15, 0.2) is 72.3 Å². The molecule has 1 unspecified atom stereocenters. The molecule has 1 aliphatic heterocycles. The third kappa shape index (κ3) is 4.50. The lowest BCUT2D eigenvalue weighted by Gasteiger charge is -2.27. The third-order valence-corrected chi connectivity index (χ3v) is 6.52. The first-order valence-corrected chi connectivity index (χ1v) is 11.7. The second kappa shape index (κ2) is 9.24. The van der Waals surface area contributed by atoms with Crippen LogP contribution in [-0.2, 0) is 15.0 Å². The molecule has 0 aliphatic carbocycles. The summed E-state index contributed by atoms with van der Waals surface area (Å²) in [5.41, 5.74) is 2.40. The number of amides is 1. The Labute approximate surface area is 213 Å². The number of halogens is 1. The van der Waals surface area contributed by atoms with E-state index in [1.807, 2.05) is 24.3 Å². The van der Waals surface area contributed by atoms with Crippen molar-refractivity contribution in [1.82, 2.24) is 0 Å². The van der Waals surface area contributed by atoms with Crippen LogP contribution in [0.5, 0.6) is 0 Å². The number of benzene rings is 3. The number of anilines is 1. The number of aliphatic hydroxyl groups is 1. The van der Waals surface area contributed by atoms with Gasteiger partial charge in [0.05, 0.1) is 16.5 Å². The number of non-ortho nitro benzene ring substituents is 1. The van der Waals surface area contributed by atoms with E-state index < -0.39 is 28.4 Å². The van der Waals surface area contributed by atoms with Gasteiger partial charge in [-0.05, 0) is 47.2 Å². The Hall–Kier alpha value is -3.97. The van der Waals surface area contributed by atoms with E-state index in [4.69, 9.17) is 11.6 Å². The lowest BCUT2D eigenvalue weighted by Crippen LogP contribution is -2.30. The smallest absolute Gasteiger partial charge is 0.300 e. The Morgan fingerprint density at radius 1 is 1.03 bits per heavy atom. The Morgan fingerprint density at radius 3 is 2.28 bits per heavy atom. The molecule has 1 amide bonds. The van der Waals surface area contributed by atoms with Crippen LogP contribution in [-0.4, -0.2) is 21.7 Å².